The molecule has 332 valence electrons. The number of carbonyl (C=O) groups is 3. The van der Waals surface area contributed by atoms with E-state index in [1.807, 2.05) is 65.8 Å². The Morgan fingerprint density at radius 3 is 2.29 bits per heavy atom. The highest BCUT2D eigenvalue weighted by Crippen LogP contribution is 2.35. The van der Waals surface area contributed by atoms with Crippen LogP contribution in [0, 0.1) is 29.6 Å². The van der Waals surface area contributed by atoms with E-state index in [4.69, 9.17) is 28.4 Å². The molecular weight excluding hydrogens is 746 g/mol. The van der Waals surface area contributed by atoms with Crippen LogP contribution in [0.25, 0.3) is 0 Å². The monoisotopic (exact) mass is 822 g/mol. The summed E-state index contributed by atoms with van der Waals surface area (Å²) in [7, 11) is 7.81. The van der Waals surface area contributed by atoms with Crippen LogP contribution in [0.15, 0.2) is 48.2 Å². The van der Waals surface area contributed by atoms with Crippen LogP contribution in [0.4, 0.5) is 0 Å². The van der Waals surface area contributed by atoms with Crippen molar-refractivity contribution < 1.29 is 58.1 Å². The predicted molar refractivity (Wildman–Crippen MR) is 223 cm³/mol. The highest BCUT2D eigenvalue weighted by Gasteiger charge is 2.46. The fourth-order valence-corrected chi connectivity index (χ4v) is 8.33. The van der Waals surface area contributed by atoms with Crippen LogP contribution in [-0.4, -0.2) is 134 Å². The van der Waals surface area contributed by atoms with Crippen molar-refractivity contribution in [2.75, 3.05) is 35.5 Å². The third-order valence-electron chi connectivity index (χ3n) is 12.3. The molecule has 0 aliphatic carbocycles. The third kappa shape index (κ3) is 15.4. The number of fused-ring (bicyclic) bond motifs is 2. The Bertz CT molecular complexity index is 1380. The van der Waals surface area contributed by atoms with Crippen molar-refractivity contribution in [3.8, 4) is 0 Å². The average molecular weight is 822 g/mol. The van der Waals surface area contributed by atoms with Crippen LogP contribution < -0.4 is 0 Å². The zero-order valence-corrected chi connectivity index (χ0v) is 37.1. The number of Topliss-reactive ketones (excluding diaryl/α,β-unsaturated/α-hetero) is 1. The Morgan fingerprint density at radius 1 is 1.03 bits per heavy atom. The molecule has 0 unspecified atom stereocenters. The Morgan fingerprint density at radius 2 is 1.69 bits per heavy atom. The van der Waals surface area contributed by atoms with Gasteiger partial charge in [-0.3, -0.25) is 9.59 Å². The SMILES string of the molecule is CO[C@H]([C@H](C)/C=C/N(C)C=O)[C@@H](C)C(=O)CC[C@H](C)[C@H](O)[C@H](C)[C@H]1OC(=O)C=CC(C)=CC[C@H](O)C[C@@H]2C=CC[C@@H](C[C@H](OC)[C@](C)(O)[C@@H](OC)C[C@@H](OC)[C@@H]1C)O2. The van der Waals surface area contributed by atoms with Crippen LogP contribution in [0.2, 0.25) is 0 Å². The minimum absolute atomic E-state index is 0.0104. The van der Waals surface area contributed by atoms with Crippen LogP contribution in [0.5, 0.6) is 0 Å². The van der Waals surface area contributed by atoms with Crippen molar-refractivity contribution in [1.29, 1.82) is 0 Å². The Labute approximate surface area is 347 Å². The van der Waals surface area contributed by atoms with E-state index in [9.17, 15) is 29.7 Å². The molecule has 2 aliphatic heterocycles. The molecule has 0 spiro atoms. The smallest absolute Gasteiger partial charge is 0.331 e. The molecule has 2 aliphatic rings. The van der Waals surface area contributed by atoms with Crippen LogP contribution >= 0.6 is 0 Å². The lowest BCUT2D eigenvalue weighted by atomic mass is 9.77. The van der Waals surface area contributed by atoms with E-state index in [0.29, 0.717) is 38.5 Å². The van der Waals surface area contributed by atoms with Gasteiger partial charge in [-0.1, -0.05) is 70.6 Å². The van der Waals surface area contributed by atoms with Gasteiger partial charge in [-0.15, -0.1) is 0 Å². The van der Waals surface area contributed by atoms with Gasteiger partial charge in [0.25, 0.3) is 0 Å². The summed E-state index contributed by atoms with van der Waals surface area (Å²) in [5, 5.41) is 34.7. The van der Waals surface area contributed by atoms with Gasteiger partial charge in [0.2, 0.25) is 6.41 Å². The number of ether oxygens (including phenoxy) is 6. The van der Waals surface area contributed by atoms with Crippen LogP contribution in [0.3, 0.4) is 0 Å². The number of aliphatic hydroxyl groups is 3. The van der Waals surface area contributed by atoms with E-state index < -0.39 is 72.1 Å². The number of amides is 1. The summed E-state index contributed by atoms with van der Waals surface area (Å²) in [5.74, 6) is -2.64. The molecule has 0 aromatic heterocycles. The van der Waals surface area contributed by atoms with Gasteiger partial charge in [0, 0.05) is 97.1 Å². The van der Waals surface area contributed by atoms with Crippen LogP contribution in [-0.2, 0) is 42.8 Å². The van der Waals surface area contributed by atoms with Gasteiger partial charge in [0.05, 0.1) is 48.8 Å². The molecule has 1 amide bonds. The van der Waals surface area contributed by atoms with Crippen molar-refractivity contribution in [2.45, 2.75) is 154 Å². The molecule has 0 aromatic carbocycles. The van der Waals surface area contributed by atoms with Gasteiger partial charge < -0.3 is 48.6 Å². The van der Waals surface area contributed by atoms with E-state index in [0.717, 1.165) is 5.57 Å². The molecule has 15 atom stereocenters. The molecule has 2 heterocycles. The van der Waals surface area contributed by atoms with E-state index >= 15 is 0 Å². The molecule has 2 bridgehead atoms. The van der Waals surface area contributed by atoms with Crippen molar-refractivity contribution in [2.24, 2.45) is 29.6 Å². The van der Waals surface area contributed by atoms with E-state index in [2.05, 4.69) is 0 Å². The van der Waals surface area contributed by atoms with Crippen LogP contribution in [0.1, 0.15) is 93.4 Å². The average Bonchev–Trinajstić information content (AvgIpc) is 3.20. The number of cyclic esters (lactones) is 1. The topological polar surface area (TPSA) is 171 Å². The van der Waals surface area contributed by atoms with Crippen molar-refractivity contribution in [1.82, 2.24) is 4.90 Å². The van der Waals surface area contributed by atoms with Gasteiger partial charge in [-0.2, -0.15) is 0 Å². The second-order valence-electron chi connectivity index (χ2n) is 16.8. The Balaban J connectivity index is 2.40. The predicted octanol–water partition coefficient (Wildman–Crippen LogP) is 5.35. The summed E-state index contributed by atoms with van der Waals surface area (Å²) < 4.78 is 36.1. The summed E-state index contributed by atoms with van der Waals surface area (Å²) in [6.45, 7) is 12.9. The summed E-state index contributed by atoms with van der Waals surface area (Å²) in [5.41, 5.74) is -0.728. The summed E-state index contributed by atoms with van der Waals surface area (Å²) in [6, 6.07) is 0. The molecule has 13 heteroatoms. The number of allylic oxidation sites excluding steroid dienone is 2. The molecular formula is C45H75NO12. The molecule has 0 radical (unpaired) electrons. The minimum Gasteiger partial charge on any atom is -0.458 e. The zero-order valence-electron chi connectivity index (χ0n) is 37.1. The molecule has 58 heavy (non-hydrogen) atoms. The first kappa shape index (κ1) is 51.4. The molecule has 3 N–H and O–H groups in total. The number of esters is 1. The third-order valence-corrected chi connectivity index (χ3v) is 12.3. The first-order valence-electron chi connectivity index (χ1n) is 20.8. The molecule has 0 saturated heterocycles. The van der Waals surface area contributed by atoms with Gasteiger partial charge in [0.1, 0.15) is 17.5 Å². The zero-order chi connectivity index (χ0) is 43.7. The normalized spacial score (nSPS) is 32.6. The lowest BCUT2D eigenvalue weighted by Gasteiger charge is -2.42. The van der Waals surface area contributed by atoms with E-state index in [1.54, 1.807) is 47.6 Å². The Kier molecular flexibility index (Phi) is 22.3. The molecule has 0 fully saturated rings. The number of aliphatic hydroxyl groups excluding tert-OH is 2. The summed E-state index contributed by atoms with van der Waals surface area (Å²) in [4.78, 5) is 39.3. The molecule has 2 rings (SSSR count). The second kappa shape index (κ2) is 25.1. The highest BCUT2D eigenvalue weighted by molar-refractivity contribution is 5.82. The van der Waals surface area contributed by atoms with Gasteiger partial charge in [0.15, 0.2) is 0 Å². The minimum atomic E-state index is -1.50. The summed E-state index contributed by atoms with van der Waals surface area (Å²) >= 11 is 0. The molecule has 13 nitrogen and oxygen atoms in total. The quantitative estimate of drug-likeness (QED) is 0.104. The molecule has 0 saturated carbocycles. The van der Waals surface area contributed by atoms with Crippen molar-refractivity contribution >= 4 is 18.2 Å². The standard InChI is InChI=1S/C45H75NO12/c1-28-16-19-34(48)24-35-14-13-15-36(57-35)25-39(54-10)45(7,52)40(55-11)26-38(53-9)32(5)44(58-41(50)21-17-28)33(6)42(51)29(2)18-20-37(49)31(4)43(56-12)30(3)22-23-46(8)27-47/h13-14,16-17,21-23,27,29-36,38-40,42-44,48,51-52H,15,18-20,24-26H2,1-12H3/b21-17?,23-22+,28-16?/t29-,30+,31-,32-,33-,34-,35-,36-,38+,39-,40-,42-,43+,44-,45-/m0/s1. The first-order chi connectivity index (χ1) is 27.3. The van der Waals surface area contributed by atoms with Gasteiger partial charge >= 0.3 is 5.97 Å². The Hall–Kier alpha value is -2.75. The van der Waals surface area contributed by atoms with E-state index in [-0.39, 0.29) is 42.7 Å². The van der Waals surface area contributed by atoms with Gasteiger partial charge in [-0.05, 0) is 39.0 Å². The van der Waals surface area contributed by atoms with E-state index in [1.165, 1.54) is 18.1 Å². The maximum Gasteiger partial charge on any atom is 0.331 e. The fraction of sp³-hybridized carbons (Fsp3) is 0.756. The number of rotatable bonds is 16. The second-order valence-corrected chi connectivity index (χ2v) is 16.8. The van der Waals surface area contributed by atoms with Crippen molar-refractivity contribution in [3.05, 3.63) is 48.2 Å². The fourth-order valence-electron chi connectivity index (χ4n) is 8.33. The van der Waals surface area contributed by atoms with Crippen molar-refractivity contribution in [3.63, 3.8) is 0 Å². The molecule has 0 aromatic rings. The largest absolute Gasteiger partial charge is 0.458 e. The maximum absolute atomic E-state index is 13.5. The first-order valence-corrected chi connectivity index (χ1v) is 20.8. The lowest BCUT2D eigenvalue weighted by molar-refractivity contribution is -0.184. The number of hydrogen-bond acceptors (Lipinski definition) is 12. The number of ketones is 1. The highest BCUT2D eigenvalue weighted by atomic mass is 16.6. The summed E-state index contributed by atoms with van der Waals surface area (Å²) in [6.07, 6.45) is 10.0. The number of carbonyl (C=O) groups excluding carboxylic acids is 3. The number of methoxy groups -OCH3 is 4. The number of nitrogens with zero attached hydrogens (tertiary/aromatic N) is 1. The van der Waals surface area contributed by atoms with Gasteiger partial charge in [-0.25, -0.2) is 4.79 Å². The maximum atomic E-state index is 13.5. The lowest BCUT2D eigenvalue weighted by Crippen LogP contribution is -2.55. The number of hydrogen-bond donors (Lipinski definition) is 3.